The van der Waals surface area contributed by atoms with Gasteiger partial charge < -0.3 is 5.73 Å². The van der Waals surface area contributed by atoms with Crippen molar-refractivity contribution in [3.05, 3.63) is 30.1 Å². The van der Waals surface area contributed by atoms with Gasteiger partial charge in [0.2, 0.25) is 0 Å². The highest BCUT2D eigenvalue weighted by atomic mass is 14.6. The Morgan fingerprint density at radius 3 is 2.64 bits per heavy atom. The van der Waals surface area contributed by atoms with Crippen LogP contribution in [0.4, 0.5) is 0 Å². The van der Waals surface area contributed by atoms with Crippen molar-refractivity contribution in [1.82, 2.24) is 4.98 Å². The summed E-state index contributed by atoms with van der Waals surface area (Å²) in [5, 5.41) is 0. The first-order chi connectivity index (χ1) is 6.83. The smallest absolute Gasteiger partial charge is 0.0270 e. The zero-order chi connectivity index (χ0) is 10.2. The van der Waals surface area contributed by atoms with Crippen LogP contribution in [0.3, 0.4) is 0 Å². The quantitative estimate of drug-likeness (QED) is 0.752. The number of aromatic nitrogens is 1. The molecule has 0 fully saturated rings. The van der Waals surface area contributed by atoms with Crippen molar-refractivity contribution in [2.45, 2.75) is 45.1 Å². The lowest BCUT2D eigenvalue weighted by Crippen LogP contribution is -2.19. The zero-order valence-corrected chi connectivity index (χ0v) is 8.95. The fourth-order valence-electron chi connectivity index (χ4n) is 1.63. The third kappa shape index (κ3) is 4.38. The van der Waals surface area contributed by atoms with Crippen molar-refractivity contribution in [3.8, 4) is 0 Å². The summed E-state index contributed by atoms with van der Waals surface area (Å²) in [4.78, 5) is 3.99. The largest absolute Gasteiger partial charge is 0.328 e. The molecule has 0 saturated carbocycles. The van der Waals surface area contributed by atoms with Crippen molar-refractivity contribution in [2.24, 2.45) is 5.73 Å². The van der Waals surface area contributed by atoms with E-state index in [-0.39, 0.29) is 0 Å². The van der Waals surface area contributed by atoms with Gasteiger partial charge in [-0.05, 0) is 43.4 Å². The van der Waals surface area contributed by atoms with E-state index in [1.807, 2.05) is 12.4 Å². The topological polar surface area (TPSA) is 38.9 Å². The van der Waals surface area contributed by atoms with Crippen LogP contribution in [0, 0.1) is 0 Å². The highest BCUT2D eigenvalue weighted by Crippen LogP contribution is 2.07. The minimum atomic E-state index is 0.391. The Morgan fingerprint density at radius 2 is 2.00 bits per heavy atom. The maximum atomic E-state index is 5.94. The fourth-order valence-corrected chi connectivity index (χ4v) is 1.63. The van der Waals surface area contributed by atoms with E-state index in [1.54, 1.807) is 0 Å². The van der Waals surface area contributed by atoms with Gasteiger partial charge in [0.25, 0.3) is 0 Å². The summed E-state index contributed by atoms with van der Waals surface area (Å²) in [6.07, 6.45) is 9.48. The standard InChI is InChI=1S/C12H20N2/c1-2-4-12(13)6-3-5-11-7-9-14-10-8-11/h7-10,12H,2-6,13H2,1H3. The van der Waals surface area contributed by atoms with Gasteiger partial charge in [-0.15, -0.1) is 0 Å². The molecule has 1 aromatic rings. The Balaban J connectivity index is 2.16. The molecule has 1 unspecified atom stereocenters. The predicted octanol–water partition coefficient (Wildman–Crippen LogP) is 2.53. The van der Waals surface area contributed by atoms with Crippen molar-refractivity contribution in [1.29, 1.82) is 0 Å². The van der Waals surface area contributed by atoms with Crippen molar-refractivity contribution in [3.63, 3.8) is 0 Å². The van der Waals surface area contributed by atoms with Crippen LogP contribution in [0.25, 0.3) is 0 Å². The van der Waals surface area contributed by atoms with Crippen LogP contribution < -0.4 is 5.73 Å². The molecular weight excluding hydrogens is 172 g/mol. The van der Waals surface area contributed by atoms with Gasteiger partial charge in [-0.3, -0.25) is 4.98 Å². The lowest BCUT2D eigenvalue weighted by atomic mass is 10.0. The van der Waals surface area contributed by atoms with Crippen LogP contribution in [0.2, 0.25) is 0 Å². The summed E-state index contributed by atoms with van der Waals surface area (Å²) < 4.78 is 0. The fraction of sp³-hybridized carbons (Fsp3) is 0.583. The second-order valence-electron chi connectivity index (χ2n) is 3.80. The summed E-state index contributed by atoms with van der Waals surface area (Å²) in [6.45, 7) is 2.18. The van der Waals surface area contributed by atoms with Crippen molar-refractivity contribution in [2.75, 3.05) is 0 Å². The molecule has 1 atom stereocenters. The molecule has 1 rings (SSSR count). The zero-order valence-electron chi connectivity index (χ0n) is 8.95. The Morgan fingerprint density at radius 1 is 1.29 bits per heavy atom. The number of pyridine rings is 1. The average Bonchev–Trinajstić information content (AvgIpc) is 2.20. The summed E-state index contributed by atoms with van der Waals surface area (Å²) in [6, 6.07) is 4.54. The van der Waals surface area contributed by atoms with Gasteiger partial charge in [0, 0.05) is 18.4 Å². The number of hydrogen-bond acceptors (Lipinski definition) is 2. The van der Waals surface area contributed by atoms with E-state index >= 15 is 0 Å². The monoisotopic (exact) mass is 192 g/mol. The van der Waals surface area contributed by atoms with E-state index in [1.165, 1.54) is 18.4 Å². The predicted molar refractivity (Wildman–Crippen MR) is 60.1 cm³/mol. The second kappa shape index (κ2) is 6.55. The molecule has 78 valence electrons. The van der Waals surface area contributed by atoms with Crippen LogP contribution in [0.1, 0.15) is 38.2 Å². The van der Waals surface area contributed by atoms with Crippen LogP contribution in [-0.2, 0) is 6.42 Å². The van der Waals surface area contributed by atoms with E-state index in [9.17, 15) is 0 Å². The third-order valence-electron chi connectivity index (χ3n) is 2.45. The maximum absolute atomic E-state index is 5.94. The summed E-state index contributed by atoms with van der Waals surface area (Å²) >= 11 is 0. The first-order valence-corrected chi connectivity index (χ1v) is 5.47. The normalized spacial score (nSPS) is 12.7. The molecular formula is C12H20N2. The summed E-state index contributed by atoms with van der Waals surface area (Å²) in [5.74, 6) is 0. The van der Waals surface area contributed by atoms with E-state index in [4.69, 9.17) is 5.73 Å². The van der Waals surface area contributed by atoms with Crippen LogP contribution >= 0.6 is 0 Å². The van der Waals surface area contributed by atoms with Gasteiger partial charge in [-0.25, -0.2) is 0 Å². The molecule has 0 aliphatic carbocycles. The minimum absolute atomic E-state index is 0.391. The van der Waals surface area contributed by atoms with E-state index in [0.29, 0.717) is 6.04 Å². The van der Waals surface area contributed by atoms with E-state index in [0.717, 1.165) is 19.3 Å². The molecule has 2 nitrogen and oxygen atoms in total. The lowest BCUT2D eigenvalue weighted by molar-refractivity contribution is 0.539. The van der Waals surface area contributed by atoms with E-state index in [2.05, 4.69) is 24.0 Å². The molecule has 0 saturated heterocycles. The molecule has 0 spiro atoms. The summed E-state index contributed by atoms with van der Waals surface area (Å²) in [7, 11) is 0. The molecule has 0 radical (unpaired) electrons. The number of nitrogens with two attached hydrogens (primary N) is 1. The molecule has 1 heterocycles. The number of aryl methyl sites for hydroxylation is 1. The van der Waals surface area contributed by atoms with Gasteiger partial charge >= 0.3 is 0 Å². The average molecular weight is 192 g/mol. The highest BCUT2D eigenvalue weighted by Gasteiger charge is 2.00. The molecule has 0 aliphatic heterocycles. The molecule has 0 aromatic carbocycles. The SMILES string of the molecule is CCCC(N)CCCc1ccncc1. The van der Waals surface area contributed by atoms with Crippen molar-refractivity contribution >= 4 is 0 Å². The Kier molecular flexibility index (Phi) is 5.23. The lowest BCUT2D eigenvalue weighted by Gasteiger charge is -2.09. The van der Waals surface area contributed by atoms with Gasteiger partial charge in [0.15, 0.2) is 0 Å². The second-order valence-corrected chi connectivity index (χ2v) is 3.80. The Hall–Kier alpha value is -0.890. The molecule has 14 heavy (non-hydrogen) atoms. The van der Waals surface area contributed by atoms with E-state index < -0.39 is 0 Å². The molecule has 0 aliphatic rings. The highest BCUT2D eigenvalue weighted by molar-refractivity contribution is 5.09. The maximum Gasteiger partial charge on any atom is 0.0270 e. The molecule has 0 amide bonds. The molecule has 2 N–H and O–H groups in total. The minimum Gasteiger partial charge on any atom is -0.328 e. The first-order valence-electron chi connectivity index (χ1n) is 5.47. The van der Waals surface area contributed by atoms with Crippen LogP contribution in [-0.4, -0.2) is 11.0 Å². The van der Waals surface area contributed by atoms with Gasteiger partial charge in [0.1, 0.15) is 0 Å². The Labute approximate surface area is 86.5 Å². The van der Waals surface area contributed by atoms with Gasteiger partial charge in [-0.1, -0.05) is 13.3 Å². The van der Waals surface area contributed by atoms with Gasteiger partial charge in [-0.2, -0.15) is 0 Å². The summed E-state index contributed by atoms with van der Waals surface area (Å²) in [5.41, 5.74) is 7.30. The number of nitrogens with zero attached hydrogens (tertiary/aromatic N) is 1. The molecule has 1 aromatic heterocycles. The van der Waals surface area contributed by atoms with Crippen LogP contribution in [0.5, 0.6) is 0 Å². The van der Waals surface area contributed by atoms with Gasteiger partial charge in [0.05, 0.1) is 0 Å². The number of rotatable bonds is 6. The van der Waals surface area contributed by atoms with Crippen LogP contribution in [0.15, 0.2) is 24.5 Å². The molecule has 0 bridgehead atoms. The third-order valence-corrected chi connectivity index (χ3v) is 2.45. The first kappa shape index (κ1) is 11.2. The number of hydrogen-bond donors (Lipinski definition) is 1. The van der Waals surface area contributed by atoms with Crippen molar-refractivity contribution < 1.29 is 0 Å². The molecule has 2 heteroatoms. The Bertz CT molecular complexity index is 233.